The Hall–Kier alpha value is -1.88. The molecule has 110 valence electrons. The highest BCUT2D eigenvalue weighted by atomic mass is 16.5. The first-order chi connectivity index (χ1) is 10.4. The molecule has 2 aromatic rings. The van der Waals surface area contributed by atoms with E-state index in [0.29, 0.717) is 12.5 Å². The van der Waals surface area contributed by atoms with E-state index in [2.05, 4.69) is 25.7 Å². The SMILES string of the molecule is c1ccc(OCC2CN(CC3CC3)Cc3ccnn32)nc1. The van der Waals surface area contributed by atoms with Crippen LogP contribution in [0.25, 0.3) is 0 Å². The summed E-state index contributed by atoms with van der Waals surface area (Å²) in [5.41, 5.74) is 1.29. The number of hydrogen-bond acceptors (Lipinski definition) is 4. The minimum atomic E-state index is 0.268. The number of aromatic nitrogens is 3. The van der Waals surface area contributed by atoms with E-state index in [4.69, 9.17) is 4.74 Å². The fourth-order valence-corrected chi connectivity index (χ4v) is 3.01. The van der Waals surface area contributed by atoms with E-state index < -0.39 is 0 Å². The third kappa shape index (κ3) is 2.93. The van der Waals surface area contributed by atoms with Gasteiger partial charge in [-0.25, -0.2) is 4.98 Å². The van der Waals surface area contributed by atoms with Crippen molar-refractivity contribution in [1.29, 1.82) is 0 Å². The summed E-state index contributed by atoms with van der Waals surface area (Å²) < 4.78 is 7.96. The second kappa shape index (κ2) is 5.48. The second-order valence-corrected chi connectivity index (χ2v) is 6.04. The fraction of sp³-hybridized carbons (Fsp3) is 0.500. The molecule has 1 aliphatic carbocycles. The van der Waals surface area contributed by atoms with Crippen LogP contribution < -0.4 is 4.74 Å². The average Bonchev–Trinajstić information content (AvgIpc) is 3.20. The summed E-state index contributed by atoms with van der Waals surface area (Å²) in [5.74, 6) is 1.60. The summed E-state index contributed by atoms with van der Waals surface area (Å²) in [7, 11) is 0. The molecule has 5 heteroatoms. The first-order valence-corrected chi connectivity index (χ1v) is 7.67. The van der Waals surface area contributed by atoms with Gasteiger partial charge in [0.25, 0.3) is 0 Å². The van der Waals surface area contributed by atoms with Crippen molar-refractivity contribution < 1.29 is 4.74 Å². The van der Waals surface area contributed by atoms with Gasteiger partial charge in [0.2, 0.25) is 5.88 Å². The van der Waals surface area contributed by atoms with E-state index >= 15 is 0 Å². The fourth-order valence-electron chi connectivity index (χ4n) is 3.01. The standard InChI is InChI=1S/C16H20N4O/c1-2-7-17-16(3-1)21-12-15-11-19(9-13-4-5-13)10-14-6-8-18-20(14)15/h1-3,6-8,13,15H,4-5,9-12H2. The van der Waals surface area contributed by atoms with E-state index in [9.17, 15) is 0 Å². The highest BCUT2D eigenvalue weighted by Crippen LogP contribution is 2.32. The molecule has 21 heavy (non-hydrogen) atoms. The number of ether oxygens (including phenoxy) is 1. The summed E-state index contributed by atoms with van der Waals surface area (Å²) >= 11 is 0. The molecule has 0 saturated heterocycles. The van der Waals surface area contributed by atoms with E-state index in [1.807, 2.05) is 24.4 Å². The smallest absolute Gasteiger partial charge is 0.213 e. The summed E-state index contributed by atoms with van der Waals surface area (Å²) in [5, 5.41) is 4.47. The highest BCUT2D eigenvalue weighted by molar-refractivity contribution is 5.10. The lowest BCUT2D eigenvalue weighted by molar-refractivity contribution is 0.126. The molecule has 5 nitrogen and oxygen atoms in total. The van der Waals surface area contributed by atoms with Gasteiger partial charge in [0.1, 0.15) is 6.61 Å². The third-order valence-electron chi connectivity index (χ3n) is 4.23. The average molecular weight is 284 g/mol. The number of rotatable bonds is 5. The largest absolute Gasteiger partial charge is 0.475 e. The van der Waals surface area contributed by atoms with Crippen molar-refractivity contribution in [1.82, 2.24) is 19.7 Å². The molecular formula is C16H20N4O. The predicted molar refractivity (Wildman–Crippen MR) is 79.0 cm³/mol. The lowest BCUT2D eigenvalue weighted by Crippen LogP contribution is -2.41. The normalized spacial score (nSPS) is 22.0. The van der Waals surface area contributed by atoms with Crippen LogP contribution in [0, 0.1) is 5.92 Å². The maximum absolute atomic E-state index is 5.84. The molecule has 1 unspecified atom stereocenters. The number of hydrogen-bond donors (Lipinski definition) is 0. The molecule has 0 spiro atoms. The summed E-state index contributed by atoms with van der Waals surface area (Å²) in [6, 6.07) is 8.13. The molecule has 0 bridgehead atoms. The molecule has 0 radical (unpaired) electrons. The van der Waals surface area contributed by atoms with E-state index in [1.165, 1.54) is 25.1 Å². The van der Waals surface area contributed by atoms with Gasteiger partial charge in [-0.05, 0) is 30.9 Å². The quantitative estimate of drug-likeness (QED) is 0.843. The van der Waals surface area contributed by atoms with Crippen LogP contribution in [0.2, 0.25) is 0 Å². The first kappa shape index (κ1) is 12.8. The van der Waals surface area contributed by atoms with Crippen LogP contribution in [0.1, 0.15) is 24.6 Å². The van der Waals surface area contributed by atoms with E-state index in [-0.39, 0.29) is 6.04 Å². The molecule has 0 N–H and O–H groups in total. The molecule has 2 aliphatic rings. The van der Waals surface area contributed by atoms with Crippen molar-refractivity contribution in [3.05, 3.63) is 42.4 Å². The molecular weight excluding hydrogens is 264 g/mol. The first-order valence-electron chi connectivity index (χ1n) is 7.67. The van der Waals surface area contributed by atoms with Gasteiger partial charge in [-0.1, -0.05) is 6.07 Å². The molecule has 0 amide bonds. The Morgan fingerprint density at radius 3 is 2.95 bits per heavy atom. The van der Waals surface area contributed by atoms with Crippen LogP contribution in [0.4, 0.5) is 0 Å². The minimum Gasteiger partial charge on any atom is -0.475 e. The van der Waals surface area contributed by atoms with Crippen LogP contribution in [0.5, 0.6) is 5.88 Å². The van der Waals surface area contributed by atoms with Gasteiger partial charge in [-0.2, -0.15) is 5.10 Å². The molecule has 2 aromatic heterocycles. The second-order valence-electron chi connectivity index (χ2n) is 6.04. The van der Waals surface area contributed by atoms with Gasteiger partial charge in [-0.3, -0.25) is 9.58 Å². The van der Waals surface area contributed by atoms with Crippen molar-refractivity contribution in [3.8, 4) is 5.88 Å². The molecule has 0 aromatic carbocycles. The maximum Gasteiger partial charge on any atom is 0.213 e. The summed E-state index contributed by atoms with van der Waals surface area (Å²) in [6.45, 7) is 3.85. The van der Waals surface area contributed by atoms with Crippen LogP contribution in [0.15, 0.2) is 36.7 Å². The van der Waals surface area contributed by atoms with Crippen molar-refractivity contribution in [3.63, 3.8) is 0 Å². The molecule has 1 fully saturated rings. The molecule has 4 rings (SSSR count). The number of pyridine rings is 1. The molecule has 1 atom stereocenters. The van der Waals surface area contributed by atoms with Crippen LogP contribution in [-0.2, 0) is 6.54 Å². The van der Waals surface area contributed by atoms with Gasteiger partial charge in [-0.15, -0.1) is 0 Å². The molecule has 1 saturated carbocycles. The van der Waals surface area contributed by atoms with E-state index in [1.54, 1.807) is 6.20 Å². The van der Waals surface area contributed by atoms with Crippen LogP contribution in [-0.4, -0.2) is 39.4 Å². The van der Waals surface area contributed by atoms with E-state index in [0.717, 1.165) is 19.0 Å². The zero-order chi connectivity index (χ0) is 14.1. The maximum atomic E-state index is 5.84. The van der Waals surface area contributed by atoms with Crippen LogP contribution in [0.3, 0.4) is 0 Å². The van der Waals surface area contributed by atoms with Crippen molar-refractivity contribution in [2.45, 2.75) is 25.4 Å². The zero-order valence-electron chi connectivity index (χ0n) is 12.1. The third-order valence-corrected chi connectivity index (χ3v) is 4.23. The Bertz CT molecular complexity index is 593. The number of nitrogens with zero attached hydrogens (tertiary/aromatic N) is 4. The Morgan fingerprint density at radius 2 is 2.14 bits per heavy atom. The Kier molecular flexibility index (Phi) is 3.35. The lowest BCUT2D eigenvalue weighted by Gasteiger charge is -2.33. The minimum absolute atomic E-state index is 0.268. The summed E-state index contributed by atoms with van der Waals surface area (Å²) in [6.07, 6.45) is 6.44. The monoisotopic (exact) mass is 284 g/mol. The van der Waals surface area contributed by atoms with Crippen LogP contribution >= 0.6 is 0 Å². The van der Waals surface area contributed by atoms with Gasteiger partial charge >= 0.3 is 0 Å². The molecule has 3 heterocycles. The number of fused-ring (bicyclic) bond motifs is 1. The van der Waals surface area contributed by atoms with Crippen molar-refractivity contribution in [2.24, 2.45) is 5.92 Å². The van der Waals surface area contributed by atoms with Gasteiger partial charge in [0.05, 0.1) is 11.7 Å². The highest BCUT2D eigenvalue weighted by Gasteiger charge is 2.30. The van der Waals surface area contributed by atoms with Crippen molar-refractivity contribution in [2.75, 3.05) is 19.7 Å². The topological polar surface area (TPSA) is 43.2 Å². The van der Waals surface area contributed by atoms with Gasteiger partial charge < -0.3 is 4.74 Å². The Balaban J connectivity index is 1.45. The summed E-state index contributed by atoms with van der Waals surface area (Å²) in [4.78, 5) is 6.76. The van der Waals surface area contributed by atoms with Gasteiger partial charge in [0, 0.05) is 38.1 Å². The van der Waals surface area contributed by atoms with Gasteiger partial charge in [0.15, 0.2) is 0 Å². The molecule has 1 aliphatic heterocycles. The Labute approximate surface area is 124 Å². The van der Waals surface area contributed by atoms with Crippen molar-refractivity contribution >= 4 is 0 Å². The zero-order valence-corrected chi connectivity index (χ0v) is 12.1. The predicted octanol–water partition coefficient (Wildman–Crippen LogP) is 2.12. The Morgan fingerprint density at radius 1 is 1.19 bits per heavy atom. The lowest BCUT2D eigenvalue weighted by atomic mass is 10.2.